The molecule has 0 amide bonds. The maximum absolute atomic E-state index is 6.37. The van der Waals surface area contributed by atoms with Gasteiger partial charge in [0.2, 0.25) is 5.71 Å². The molecule has 0 saturated heterocycles. The van der Waals surface area contributed by atoms with Gasteiger partial charge in [0.25, 0.3) is 0 Å². The van der Waals surface area contributed by atoms with Crippen LogP contribution in [0.1, 0.15) is 71.1 Å². The van der Waals surface area contributed by atoms with Crippen molar-refractivity contribution in [3.05, 3.63) is 150 Å². The summed E-state index contributed by atoms with van der Waals surface area (Å²) in [5.41, 5.74) is 11.6. The van der Waals surface area contributed by atoms with E-state index in [0.717, 1.165) is 56.5 Å². The minimum absolute atomic E-state index is 0. The number of aromatic nitrogens is 4. The standard InChI is InChI=1S/C35H30N3O.C18H24GeN.Ir/c1-21(2)30-23-13-7-6-12-22(23)20-27(35(3,4)5)31(30)38-29-18-9-8-17-28(29)37-33(38)26-15-10-14-24-25-16-11-19-36-34(25)39-32(24)26;1-14(2)11-16-12-18(15-9-7-6-8-10-15)20-13-17(16)19(3,4)5;/h6-14,16-21H,1-5H3;6-9,12-14H,11H2,1-5H3;/q2*-1;. The fourth-order valence-corrected chi connectivity index (χ4v) is 11.7. The third-order valence-electron chi connectivity index (χ3n) is 11.1. The van der Waals surface area contributed by atoms with Crippen LogP contribution in [0.15, 0.2) is 126 Å². The second kappa shape index (κ2) is 17.2. The summed E-state index contributed by atoms with van der Waals surface area (Å²) in [5, 5.41) is 4.55. The van der Waals surface area contributed by atoms with E-state index in [1.165, 1.54) is 33.2 Å². The number of pyridine rings is 2. The van der Waals surface area contributed by atoms with E-state index in [1.807, 2.05) is 36.4 Å². The minimum Gasteiger partial charge on any atom is -0.486 e. The SMILES string of the molecule is CC(C)Cc1cc(-c2[c-]cccc2)nc[c]1[Ge]([CH3])([CH3])[CH3].CC(C)c1c(-n2c(-c3[c-]ccc4c3oc3ncccc34)nc3ccccc32)c(C(C)(C)C)cc2ccccc12.[Ir]. The van der Waals surface area contributed by atoms with Crippen LogP contribution in [-0.4, -0.2) is 32.8 Å². The van der Waals surface area contributed by atoms with Crippen LogP contribution in [0.4, 0.5) is 0 Å². The molecule has 5 nitrogen and oxygen atoms in total. The van der Waals surface area contributed by atoms with Crippen LogP contribution in [-0.2, 0) is 31.9 Å². The largest absolute Gasteiger partial charge is 0.486 e. The zero-order valence-corrected chi connectivity index (χ0v) is 40.9. The number of imidazole rings is 1. The summed E-state index contributed by atoms with van der Waals surface area (Å²) in [6.07, 6.45) is 5.04. The summed E-state index contributed by atoms with van der Waals surface area (Å²) in [5.74, 6) is 9.10. The van der Waals surface area contributed by atoms with Crippen LogP contribution in [0.5, 0.6) is 0 Å². The Morgan fingerprint density at radius 3 is 2.22 bits per heavy atom. The molecule has 0 unspecified atom stereocenters. The van der Waals surface area contributed by atoms with Gasteiger partial charge in [-0.2, -0.15) is 0 Å². The predicted octanol–water partition coefficient (Wildman–Crippen LogP) is 13.7. The van der Waals surface area contributed by atoms with E-state index >= 15 is 0 Å². The fourth-order valence-electron chi connectivity index (χ4n) is 8.41. The van der Waals surface area contributed by atoms with Gasteiger partial charge in [-0.3, -0.25) is 4.98 Å². The molecule has 9 aromatic rings. The summed E-state index contributed by atoms with van der Waals surface area (Å²) in [6, 6.07) is 44.7. The Kier molecular flexibility index (Phi) is 12.4. The molecule has 7 heteroatoms. The second-order valence-electron chi connectivity index (χ2n) is 18.5. The number of fused-ring (bicyclic) bond motifs is 5. The number of hydrogen-bond donors (Lipinski definition) is 0. The molecule has 0 spiro atoms. The molecule has 0 fully saturated rings. The van der Waals surface area contributed by atoms with Crippen molar-refractivity contribution in [2.75, 3.05) is 0 Å². The molecule has 0 atom stereocenters. The average molecular weight is 1030 g/mol. The molecule has 0 N–H and O–H groups in total. The number of rotatable bonds is 7. The first-order valence-corrected chi connectivity index (χ1v) is 28.2. The van der Waals surface area contributed by atoms with Gasteiger partial charge in [-0.15, -0.1) is 18.2 Å². The molecular weight excluding hydrogens is 973 g/mol. The van der Waals surface area contributed by atoms with Gasteiger partial charge in [0.05, 0.1) is 22.4 Å². The Balaban J connectivity index is 0.000000220. The normalized spacial score (nSPS) is 12.1. The smallest absolute Gasteiger partial charge is 0.216 e. The van der Waals surface area contributed by atoms with Crippen molar-refractivity contribution in [3.63, 3.8) is 0 Å². The molecule has 0 bridgehead atoms. The third-order valence-corrected chi connectivity index (χ3v) is 15.4. The predicted molar refractivity (Wildman–Crippen MR) is 251 cm³/mol. The van der Waals surface area contributed by atoms with Crippen molar-refractivity contribution in [2.24, 2.45) is 5.92 Å². The van der Waals surface area contributed by atoms with E-state index in [9.17, 15) is 0 Å². The van der Waals surface area contributed by atoms with Gasteiger partial charge in [0.15, 0.2) is 0 Å². The van der Waals surface area contributed by atoms with Crippen molar-refractivity contribution < 1.29 is 24.5 Å². The van der Waals surface area contributed by atoms with Gasteiger partial charge in [0, 0.05) is 37.4 Å². The molecule has 0 aliphatic carbocycles. The van der Waals surface area contributed by atoms with Gasteiger partial charge in [0.1, 0.15) is 0 Å². The number of nitrogens with zero attached hydrogens (tertiary/aromatic N) is 4. The van der Waals surface area contributed by atoms with Crippen molar-refractivity contribution in [2.45, 2.75) is 83.5 Å². The number of furan rings is 1. The maximum Gasteiger partial charge on any atom is 0.216 e. The van der Waals surface area contributed by atoms with Crippen molar-refractivity contribution in [1.82, 2.24) is 19.5 Å². The molecule has 1 radical (unpaired) electrons. The van der Waals surface area contributed by atoms with Crippen LogP contribution in [0.3, 0.4) is 0 Å². The number of hydrogen-bond acceptors (Lipinski definition) is 4. The van der Waals surface area contributed by atoms with Crippen LogP contribution in [0, 0.1) is 18.1 Å². The number of benzene rings is 5. The van der Waals surface area contributed by atoms with Crippen molar-refractivity contribution >= 4 is 61.5 Å². The summed E-state index contributed by atoms with van der Waals surface area (Å²) < 4.78 is 10.3. The monoisotopic (exact) mass is 1030 g/mol. The van der Waals surface area contributed by atoms with Crippen molar-refractivity contribution in [1.29, 1.82) is 0 Å². The Bertz CT molecular complexity index is 2950. The Morgan fingerprint density at radius 1 is 0.767 bits per heavy atom. The van der Waals surface area contributed by atoms with Gasteiger partial charge >= 0.3 is 126 Å². The molecule has 0 saturated carbocycles. The van der Waals surface area contributed by atoms with E-state index in [4.69, 9.17) is 14.4 Å². The molecule has 60 heavy (non-hydrogen) atoms. The van der Waals surface area contributed by atoms with E-state index in [0.29, 0.717) is 11.6 Å². The Hall–Kier alpha value is -4.88. The van der Waals surface area contributed by atoms with Crippen LogP contribution >= 0.6 is 0 Å². The van der Waals surface area contributed by atoms with Gasteiger partial charge < -0.3 is 8.98 Å². The summed E-state index contributed by atoms with van der Waals surface area (Å²) in [7, 11) is 0. The first-order valence-electron chi connectivity index (χ1n) is 20.9. The molecule has 0 aliphatic rings. The van der Waals surface area contributed by atoms with Gasteiger partial charge in [-0.1, -0.05) is 82.0 Å². The van der Waals surface area contributed by atoms with E-state index in [-0.39, 0.29) is 31.4 Å². The molecule has 4 aromatic heterocycles. The topological polar surface area (TPSA) is 56.7 Å². The minimum atomic E-state index is -1.86. The quantitative estimate of drug-likeness (QED) is 0.118. The molecule has 4 heterocycles. The Morgan fingerprint density at radius 2 is 1.50 bits per heavy atom. The first-order chi connectivity index (χ1) is 28.2. The third kappa shape index (κ3) is 8.39. The molecule has 9 rings (SSSR count). The molecule has 307 valence electrons. The fraction of sp³-hybridized carbons (Fsp3) is 0.264. The van der Waals surface area contributed by atoms with Crippen LogP contribution in [0.2, 0.25) is 17.3 Å². The average Bonchev–Trinajstić information content (AvgIpc) is 3.78. The van der Waals surface area contributed by atoms with Gasteiger partial charge in [-0.25, -0.2) is 4.98 Å². The molecule has 0 aliphatic heterocycles. The summed E-state index contributed by atoms with van der Waals surface area (Å²) >= 11 is -1.86. The first kappa shape index (κ1) is 43.2. The van der Waals surface area contributed by atoms with E-state index in [1.54, 1.807) is 10.6 Å². The zero-order chi connectivity index (χ0) is 41.6. The molecule has 5 aromatic carbocycles. The zero-order valence-electron chi connectivity index (χ0n) is 36.4. The maximum atomic E-state index is 6.37. The number of para-hydroxylation sites is 2. The summed E-state index contributed by atoms with van der Waals surface area (Å²) in [4.78, 5) is 14.4. The van der Waals surface area contributed by atoms with Gasteiger partial charge in [-0.05, 0) is 63.6 Å². The molecular formula is C53H54GeIrN4O-2. The summed E-state index contributed by atoms with van der Waals surface area (Å²) in [6.45, 7) is 16.0. The van der Waals surface area contributed by atoms with E-state index < -0.39 is 13.3 Å². The van der Waals surface area contributed by atoms with E-state index in [2.05, 4.69) is 166 Å². The Labute approximate surface area is 371 Å². The van der Waals surface area contributed by atoms with Crippen molar-refractivity contribution in [3.8, 4) is 28.3 Å². The second-order valence-corrected chi connectivity index (χ2v) is 29.0. The van der Waals surface area contributed by atoms with Crippen LogP contribution < -0.4 is 4.40 Å². The van der Waals surface area contributed by atoms with Crippen LogP contribution in [0.25, 0.3) is 72.2 Å².